The van der Waals surface area contributed by atoms with Crippen molar-refractivity contribution in [3.8, 4) is 11.6 Å². The van der Waals surface area contributed by atoms with Gasteiger partial charge in [-0.15, -0.1) is 0 Å². The van der Waals surface area contributed by atoms with Gasteiger partial charge in [0.05, 0.1) is 11.3 Å². The zero-order valence-electron chi connectivity index (χ0n) is 11.6. The predicted molar refractivity (Wildman–Crippen MR) is 79.9 cm³/mol. The molecule has 3 aromatic rings. The summed E-state index contributed by atoms with van der Waals surface area (Å²) in [6.07, 6.45) is 0. The molecule has 2 aromatic carbocycles. The first-order valence-electron chi connectivity index (χ1n) is 6.58. The molecule has 2 N–H and O–H groups in total. The number of benzene rings is 2. The summed E-state index contributed by atoms with van der Waals surface area (Å²) >= 11 is 0. The Bertz CT molecular complexity index is 762. The minimum absolute atomic E-state index is 0.419. The average molecular weight is 267 g/mol. The molecule has 20 heavy (non-hydrogen) atoms. The Morgan fingerprint density at radius 1 is 1.15 bits per heavy atom. The van der Waals surface area contributed by atoms with Crippen molar-refractivity contribution in [1.82, 2.24) is 9.78 Å². The third kappa shape index (κ3) is 2.14. The number of nitrogens with two attached hydrogens (primary N) is 1. The molecule has 0 radical (unpaired) electrons. The summed E-state index contributed by atoms with van der Waals surface area (Å²) in [5, 5.41) is 6.70. The van der Waals surface area contributed by atoms with Gasteiger partial charge in [0.15, 0.2) is 0 Å². The zero-order chi connectivity index (χ0) is 14.1. The lowest BCUT2D eigenvalue weighted by molar-refractivity contribution is 0.426. The van der Waals surface area contributed by atoms with E-state index in [9.17, 15) is 0 Å². The van der Waals surface area contributed by atoms with Crippen LogP contribution in [0.15, 0.2) is 42.5 Å². The topological polar surface area (TPSA) is 53.1 Å². The lowest BCUT2D eigenvalue weighted by atomic mass is 10.1. The minimum atomic E-state index is 0.419. The second kappa shape index (κ2) is 4.98. The van der Waals surface area contributed by atoms with Crippen LogP contribution in [0.4, 0.5) is 0 Å². The fraction of sp³-hybridized carbons (Fsp3) is 0.188. The zero-order valence-corrected chi connectivity index (χ0v) is 11.6. The standard InChI is InChI=1S/C16H17N3O/c1-11-15(10-17)16(19(2)18-11)20-14-8-7-12-5-3-4-6-13(12)9-14/h3-9H,10,17H2,1-2H3. The number of nitrogens with zero attached hydrogens (tertiary/aromatic N) is 2. The number of aryl methyl sites for hydroxylation is 2. The third-order valence-corrected chi connectivity index (χ3v) is 3.43. The normalized spacial score (nSPS) is 10.9. The molecule has 0 spiro atoms. The van der Waals surface area contributed by atoms with Gasteiger partial charge in [-0.1, -0.05) is 30.3 Å². The number of hydrogen-bond donors (Lipinski definition) is 1. The van der Waals surface area contributed by atoms with E-state index in [0.29, 0.717) is 12.4 Å². The first kappa shape index (κ1) is 12.7. The monoisotopic (exact) mass is 267 g/mol. The lowest BCUT2D eigenvalue weighted by Crippen LogP contribution is -2.01. The Morgan fingerprint density at radius 3 is 2.65 bits per heavy atom. The van der Waals surface area contributed by atoms with Gasteiger partial charge >= 0.3 is 0 Å². The highest BCUT2D eigenvalue weighted by molar-refractivity contribution is 5.83. The predicted octanol–water partition coefficient (Wildman–Crippen LogP) is 3.13. The Morgan fingerprint density at radius 2 is 1.90 bits per heavy atom. The molecule has 0 atom stereocenters. The maximum atomic E-state index is 5.98. The summed E-state index contributed by atoms with van der Waals surface area (Å²) in [6.45, 7) is 2.36. The van der Waals surface area contributed by atoms with Crippen LogP contribution in [0, 0.1) is 6.92 Å². The van der Waals surface area contributed by atoms with Crippen LogP contribution in [0.3, 0.4) is 0 Å². The SMILES string of the molecule is Cc1nn(C)c(Oc2ccc3ccccc3c2)c1CN. The Labute approximate surface area is 117 Å². The molecule has 0 saturated heterocycles. The van der Waals surface area contributed by atoms with Gasteiger partial charge in [-0.25, -0.2) is 4.68 Å². The van der Waals surface area contributed by atoms with Gasteiger partial charge < -0.3 is 10.5 Å². The molecule has 0 unspecified atom stereocenters. The van der Waals surface area contributed by atoms with Crippen LogP contribution >= 0.6 is 0 Å². The highest BCUT2D eigenvalue weighted by Gasteiger charge is 2.14. The van der Waals surface area contributed by atoms with Crippen molar-refractivity contribution in [1.29, 1.82) is 0 Å². The molecule has 102 valence electrons. The van der Waals surface area contributed by atoms with E-state index in [1.807, 2.05) is 38.2 Å². The number of fused-ring (bicyclic) bond motifs is 1. The number of rotatable bonds is 3. The van der Waals surface area contributed by atoms with E-state index in [1.54, 1.807) is 4.68 Å². The molecule has 0 aliphatic rings. The van der Waals surface area contributed by atoms with E-state index >= 15 is 0 Å². The Kier molecular flexibility index (Phi) is 3.16. The minimum Gasteiger partial charge on any atom is -0.439 e. The highest BCUT2D eigenvalue weighted by atomic mass is 16.5. The fourth-order valence-electron chi connectivity index (χ4n) is 2.39. The molecule has 0 saturated carbocycles. The number of hydrogen-bond acceptors (Lipinski definition) is 3. The first-order chi connectivity index (χ1) is 9.69. The molecule has 0 bridgehead atoms. The Hall–Kier alpha value is -2.33. The smallest absolute Gasteiger partial charge is 0.222 e. The van der Waals surface area contributed by atoms with Crippen LogP contribution in [0.25, 0.3) is 10.8 Å². The van der Waals surface area contributed by atoms with E-state index < -0.39 is 0 Å². The molecule has 4 nitrogen and oxygen atoms in total. The van der Waals surface area contributed by atoms with Crippen molar-refractivity contribution >= 4 is 10.8 Å². The maximum Gasteiger partial charge on any atom is 0.222 e. The Balaban J connectivity index is 2.01. The van der Waals surface area contributed by atoms with E-state index in [0.717, 1.165) is 22.4 Å². The van der Waals surface area contributed by atoms with Crippen molar-refractivity contribution in [2.75, 3.05) is 0 Å². The molecular formula is C16H17N3O. The van der Waals surface area contributed by atoms with Crippen molar-refractivity contribution in [2.24, 2.45) is 12.8 Å². The van der Waals surface area contributed by atoms with Gasteiger partial charge in [0.25, 0.3) is 0 Å². The third-order valence-electron chi connectivity index (χ3n) is 3.43. The average Bonchev–Trinajstić information content (AvgIpc) is 2.72. The molecule has 0 fully saturated rings. The van der Waals surface area contributed by atoms with Gasteiger partial charge in [0.2, 0.25) is 5.88 Å². The van der Waals surface area contributed by atoms with Crippen LogP contribution < -0.4 is 10.5 Å². The van der Waals surface area contributed by atoms with E-state index in [4.69, 9.17) is 10.5 Å². The highest BCUT2D eigenvalue weighted by Crippen LogP contribution is 2.29. The van der Waals surface area contributed by atoms with Gasteiger partial charge in [-0.2, -0.15) is 5.10 Å². The van der Waals surface area contributed by atoms with Gasteiger partial charge in [-0.05, 0) is 29.8 Å². The van der Waals surface area contributed by atoms with Gasteiger partial charge in [0.1, 0.15) is 5.75 Å². The van der Waals surface area contributed by atoms with E-state index in [2.05, 4.69) is 23.3 Å². The molecule has 1 heterocycles. The van der Waals surface area contributed by atoms with E-state index in [1.165, 1.54) is 5.39 Å². The second-order valence-corrected chi connectivity index (χ2v) is 4.81. The molecule has 1 aromatic heterocycles. The summed E-state index contributed by atoms with van der Waals surface area (Å²) in [5.41, 5.74) is 7.63. The number of ether oxygens (including phenoxy) is 1. The molecular weight excluding hydrogens is 250 g/mol. The second-order valence-electron chi connectivity index (χ2n) is 4.81. The van der Waals surface area contributed by atoms with Crippen LogP contribution in [0.5, 0.6) is 11.6 Å². The van der Waals surface area contributed by atoms with E-state index in [-0.39, 0.29) is 0 Å². The summed E-state index contributed by atoms with van der Waals surface area (Å²) in [7, 11) is 1.86. The van der Waals surface area contributed by atoms with Gasteiger partial charge in [-0.3, -0.25) is 0 Å². The van der Waals surface area contributed by atoms with Crippen molar-refractivity contribution in [3.63, 3.8) is 0 Å². The summed E-state index contributed by atoms with van der Waals surface area (Å²) in [5.74, 6) is 1.50. The molecule has 3 rings (SSSR count). The molecule has 0 aliphatic heterocycles. The van der Waals surface area contributed by atoms with Crippen molar-refractivity contribution < 1.29 is 4.74 Å². The van der Waals surface area contributed by atoms with Gasteiger partial charge in [0, 0.05) is 13.6 Å². The summed E-state index contributed by atoms with van der Waals surface area (Å²) < 4.78 is 7.71. The fourth-order valence-corrected chi connectivity index (χ4v) is 2.39. The van der Waals surface area contributed by atoms with Crippen LogP contribution in [0.2, 0.25) is 0 Å². The number of aromatic nitrogens is 2. The molecule has 0 aliphatic carbocycles. The summed E-state index contributed by atoms with van der Waals surface area (Å²) in [4.78, 5) is 0. The van der Waals surface area contributed by atoms with Crippen molar-refractivity contribution in [2.45, 2.75) is 13.5 Å². The van der Waals surface area contributed by atoms with Crippen LogP contribution in [-0.4, -0.2) is 9.78 Å². The summed E-state index contributed by atoms with van der Waals surface area (Å²) in [6, 6.07) is 14.2. The molecule has 4 heteroatoms. The first-order valence-corrected chi connectivity index (χ1v) is 6.58. The van der Waals surface area contributed by atoms with Crippen LogP contribution in [0.1, 0.15) is 11.3 Å². The van der Waals surface area contributed by atoms with Crippen molar-refractivity contribution in [3.05, 3.63) is 53.7 Å². The molecule has 0 amide bonds. The lowest BCUT2D eigenvalue weighted by Gasteiger charge is -2.09. The largest absolute Gasteiger partial charge is 0.439 e. The quantitative estimate of drug-likeness (QED) is 0.793. The maximum absolute atomic E-state index is 5.98. The van der Waals surface area contributed by atoms with Crippen LogP contribution in [-0.2, 0) is 13.6 Å².